The van der Waals surface area contributed by atoms with Crippen LogP contribution in [0.3, 0.4) is 0 Å². The molecule has 1 amide bonds. The topological polar surface area (TPSA) is 49.3 Å². The van der Waals surface area contributed by atoms with Crippen LogP contribution in [0.25, 0.3) is 5.83 Å². The minimum Gasteiger partial charge on any atom is -0.506 e. The first kappa shape index (κ1) is 12.8. The minimum atomic E-state index is -2.48. The molecule has 0 fully saturated rings. The molecule has 0 saturated carbocycles. The number of nitrogens with one attached hydrogen (secondary N) is 1. The second-order valence-electron chi connectivity index (χ2n) is 3.00. The third-order valence-electron chi connectivity index (χ3n) is 1.86. The summed E-state index contributed by atoms with van der Waals surface area (Å²) in [5.41, 5.74) is -0.496. The SMILES string of the molecule is C=CC(=O)Nc1ccc(C(F)=C(F)F)cc1O. The lowest BCUT2D eigenvalue weighted by atomic mass is 10.1. The molecule has 6 heteroatoms. The van der Waals surface area contributed by atoms with E-state index in [9.17, 15) is 23.1 Å². The lowest BCUT2D eigenvalue weighted by molar-refractivity contribution is -0.111. The lowest BCUT2D eigenvalue weighted by Gasteiger charge is -2.06. The van der Waals surface area contributed by atoms with Gasteiger partial charge < -0.3 is 10.4 Å². The van der Waals surface area contributed by atoms with Gasteiger partial charge in [0.05, 0.1) is 5.69 Å². The molecule has 0 aliphatic heterocycles. The van der Waals surface area contributed by atoms with Gasteiger partial charge >= 0.3 is 6.08 Å². The smallest absolute Gasteiger partial charge is 0.306 e. The highest BCUT2D eigenvalue weighted by molar-refractivity contribution is 5.99. The van der Waals surface area contributed by atoms with Crippen molar-refractivity contribution in [3.8, 4) is 5.75 Å². The standard InChI is InChI=1S/C11H8F3NO2/c1-2-9(17)15-7-4-3-6(5-8(7)16)10(12)11(13)14/h2-5,16H,1H2,(H,15,17). The zero-order valence-electron chi connectivity index (χ0n) is 8.51. The molecule has 0 atom stereocenters. The minimum absolute atomic E-state index is 0.0225. The van der Waals surface area contributed by atoms with E-state index in [1.807, 2.05) is 0 Å². The summed E-state index contributed by atoms with van der Waals surface area (Å²) in [5.74, 6) is -2.82. The van der Waals surface area contributed by atoms with Crippen molar-refractivity contribution in [1.29, 1.82) is 0 Å². The number of halogens is 3. The van der Waals surface area contributed by atoms with Crippen molar-refractivity contribution in [2.24, 2.45) is 0 Å². The molecule has 17 heavy (non-hydrogen) atoms. The summed E-state index contributed by atoms with van der Waals surface area (Å²) in [6, 6.07) is 2.90. The summed E-state index contributed by atoms with van der Waals surface area (Å²) >= 11 is 0. The van der Waals surface area contributed by atoms with Gasteiger partial charge in [0.25, 0.3) is 0 Å². The third kappa shape index (κ3) is 3.10. The Labute approximate surface area is 94.9 Å². The van der Waals surface area contributed by atoms with Crippen LogP contribution in [0, 0.1) is 0 Å². The van der Waals surface area contributed by atoms with Gasteiger partial charge in [-0.2, -0.15) is 8.78 Å². The van der Waals surface area contributed by atoms with E-state index in [1.165, 1.54) is 0 Å². The van der Waals surface area contributed by atoms with Crippen LogP contribution in [0.1, 0.15) is 5.56 Å². The van der Waals surface area contributed by atoms with Gasteiger partial charge in [-0.15, -0.1) is 0 Å². The monoisotopic (exact) mass is 243 g/mol. The number of amides is 1. The van der Waals surface area contributed by atoms with Crippen LogP contribution in [0.15, 0.2) is 36.9 Å². The number of carbonyl (C=O) groups excluding carboxylic acids is 1. The normalized spacial score (nSPS) is 9.59. The second-order valence-corrected chi connectivity index (χ2v) is 3.00. The van der Waals surface area contributed by atoms with Gasteiger partial charge in [0, 0.05) is 5.56 Å². The predicted molar refractivity (Wildman–Crippen MR) is 57.2 cm³/mol. The first-order valence-corrected chi connectivity index (χ1v) is 4.43. The third-order valence-corrected chi connectivity index (χ3v) is 1.86. The molecule has 1 aromatic carbocycles. The number of phenols is 1. The van der Waals surface area contributed by atoms with Crippen LogP contribution in [0.4, 0.5) is 18.9 Å². The van der Waals surface area contributed by atoms with Gasteiger partial charge in [-0.25, -0.2) is 4.39 Å². The van der Waals surface area contributed by atoms with E-state index in [0.717, 1.165) is 24.3 Å². The number of carbonyl (C=O) groups is 1. The fraction of sp³-hybridized carbons (Fsp3) is 0. The zero-order valence-corrected chi connectivity index (χ0v) is 8.51. The molecule has 0 unspecified atom stereocenters. The molecular formula is C11H8F3NO2. The van der Waals surface area contributed by atoms with Crippen LogP contribution < -0.4 is 5.32 Å². The summed E-state index contributed by atoms with van der Waals surface area (Å²) in [7, 11) is 0. The average molecular weight is 243 g/mol. The molecule has 3 nitrogen and oxygen atoms in total. The number of benzene rings is 1. The molecular weight excluding hydrogens is 235 g/mol. The molecule has 1 aromatic rings. The van der Waals surface area contributed by atoms with Crippen LogP contribution in [-0.4, -0.2) is 11.0 Å². The Morgan fingerprint density at radius 1 is 1.35 bits per heavy atom. The number of hydrogen-bond donors (Lipinski definition) is 2. The van der Waals surface area contributed by atoms with Gasteiger partial charge in [-0.3, -0.25) is 4.79 Å². The number of hydrogen-bond acceptors (Lipinski definition) is 2. The fourth-order valence-corrected chi connectivity index (χ4v) is 1.07. The maximum absolute atomic E-state index is 12.8. The van der Waals surface area contributed by atoms with Crippen LogP contribution >= 0.6 is 0 Å². The van der Waals surface area contributed by atoms with Gasteiger partial charge in [0.15, 0.2) is 5.83 Å². The first-order valence-electron chi connectivity index (χ1n) is 4.43. The molecule has 0 radical (unpaired) electrons. The van der Waals surface area contributed by atoms with Crippen molar-refractivity contribution in [2.75, 3.05) is 5.32 Å². The van der Waals surface area contributed by atoms with Gasteiger partial charge in [-0.05, 0) is 24.3 Å². The molecule has 0 spiro atoms. The van der Waals surface area contributed by atoms with Gasteiger partial charge in [-0.1, -0.05) is 6.58 Å². The fourth-order valence-electron chi connectivity index (χ4n) is 1.07. The number of phenolic OH excluding ortho intramolecular Hbond substituents is 1. The van der Waals surface area contributed by atoms with E-state index in [2.05, 4.69) is 11.9 Å². The average Bonchev–Trinajstić information content (AvgIpc) is 2.30. The van der Waals surface area contributed by atoms with Crippen molar-refractivity contribution in [3.63, 3.8) is 0 Å². The Hall–Kier alpha value is -2.24. The highest BCUT2D eigenvalue weighted by Gasteiger charge is 2.11. The Kier molecular flexibility index (Phi) is 3.92. The summed E-state index contributed by atoms with van der Waals surface area (Å²) in [5, 5.41) is 11.6. The largest absolute Gasteiger partial charge is 0.506 e. The number of aromatic hydroxyl groups is 1. The van der Waals surface area contributed by atoms with Crippen LogP contribution in [0.5, 0.6) is 5.75 Å². The van der Waals surface area contributed by atoms with E-state index >= 15 is 0 Å². The van der Waals surface area contributed by atoms with Gasteiger partial charge in [0.1, 0.15) is 5.75 Å². The molecule has 0 heterocycles. The van der Waals surface area contributed by atoms with E-state index in [-0.39, 0.29) is 5.69 Å². The maximum atomic E-state index is 12.8. The Morgan fingerprint density at radius 2 is 2.00 bits per heavy atom. The maximum Gasteiger partial charge on any atom is 0.306 e. The van der Waals surface area contributed by atoms with Crippen LogP contribution in [-0.2, 0) is 4.79 Å². The van der Waals surface area contributed by atoms with E-state index in [4.69, 9.17) is 0 Å². The van der Waals surface area contributed by atoms with Crippen molar-refractivity contribution >= 4 is 17.4 Å². The van der Waals surface area contributed by atoms with E-state index < -0.39 is 29.1 Å². The molecule has 0 saturated heterocycles. The summed E-state index contributed by atoms with van der Waals surface area (Å²) in [4.78, 5) is 10.9. The molecule has 90 valence electrons. The van der Waals surface area contributed by atoms with E-state index in [1.54, 1.807) is 0 Å². The molecule has 0 aliphatic rings. The quantitative estimate of drug-likeness (QED) is 0.633. The van der Waals surface area contributed by atoms with Crippen molar-refractivity contribution in [2.45, 2.75) is 0 Å². The Morgan fingerprint density at radius 3 is 2.47 bits per heavy atom. The highest BCUT2D eigenvalue weighted by atomic mass is 19.3. The summed E-state index contributed by atoms with van der Waals surface area (Å²) in [6.45, 7) is 3.20. The Bertz CT molecular complexity index is 493. The first-order chi connectivity index (χ1) is 7.95. The van der Waals surface area contributed by atoms with Gasteiger partial charge in [0.2, 0.25) is 5.91 Å². The molecule has 0 aromatic heterocycles. The number of rotatable bonds is 3. The zero-order chi connectivity index (χ0) is 13.0. The number of anilines is 1. The summed E-state index contributed by atoms with van der Waals surface area (Å²) in [6.07, 6.45) is -1.51. The Balaban J connectivity index is 3.06. The molecule has 0 aliphatic carbocycles. The lowest BCUT2D eigenvalue weighted by Crippen LogP contribution is -2.07. The van der Waals surface area contributed by atoms with Crippen molar-refractivity contribution in [1.82, 2.24) is 0 Å². The molecule has 0 bridgehead atoms. The van der Waals surface area contributed by atoms with Crippen LogP contribution in [0.2, 0.25) is 0 Å². The second kappa shape index (κ2) is 5.20. The van der Waals surface area contributed by atoms with Crippen molar-refractivity contribution in [3.05, 3.63) is 42.5 Å². The van der Waals surface area contributed by atoms with E-state index in [0.29, 0.717) is 0 Å². The molecule has 2 N–H and O–H groups in total. The highest BCUT2D eigenvalue weighted by Crippen LogP contribution is 2.30. The summed E-state index contributed by atoms with van der Waals surface area (Å²) < 4.78 is 36.7. The molecule has 1 rings (SSSR count). The predicted octanol–water partition coefficient (Wildman–Crippen LogP) is 3.05. The van der Waals surface area contributed by atoms with Crippen molar-refractivity contribution < 1.29 is 23.1 Å².